The Bertz CT molecular complexity index is 1260. The molecule has 0 aliphatic heterocycles. The fraction of sp³-hybridized carbons (Fsp3) is 0.167. The van der Waals surface area contributed by atoms with E-state index in [1.54, 1.807) is 31.2 Å². The second kappa shape index (κ2) is 11.5. The Morgan fingerprint density at radius 1 is 0.800 bits per heavy atom. The number of halogens is 1. The number of benzene rings is 2. The van der Waals surface area contributed by atoms with E-state index in [0.717, 1.165) is 11.9 Å². The van der Waals surface area contributed by atoms with Gasteiger partial charge in [0.15, 0.2) is 0 Å². The number of nitrogens with zero attached hydrogens (tertiary/aromatic N) is 2. The zero-order chi connectivity index (χ0) is 25.4. The minimum Gasteiger partial charge on any atom is -0.480 e. The lowest BCUT2D eigenvalue weighted by atomic mass is 10.1. The van der Waals surface area contributed by atoms with Crippen molar-refractivity contribution in [1.82, 2.24) is 25.9 Å². The Kier molecular flexibility index (Phi) is 8.17. The molecule has 2 aromatic carbocycles. The number of aromatic nitrogens is 2. The number of aryl methyl sites for hydroxylation is 1. The maximum Gasteiger partial charge on any atom is 0.322 e. The lowest BCUT2D eigenvalue weighted by Crippen LogP contribution is -2.29. The topological polar surface area (TPSA) is 150 Å². The molecule has 10 nitrogen and oxygen atoms in total. The van der Waals surface area contributed by atoms with Crippen molar-refractivity contribution in [3.05, 3.63) is 94.3 Å². The van der Waals surface area contributed by atoms with Crippen LogP contribution in [0, 0.1) is 12.7 Å². The third-order valence-corrected chi connectivity index (χ3v) is 4.88. The van der Waals surface area contributed by atoms with Crippen molar-refractivity contribution >= 4 is 23.7 Å². The Labute approximate surface area is 199 Å². The van der Waals surface area contributed by atoms with Crippen LogP contribution in [-0.2, 0) is 17.9 Å². The average molecular weight is 479 g/mol. The molecule has 0 unspecified atom stereocenters. The standard InChI is InChI=1S/C24H22FN5O5/c1-14-8-16(4-7-18(14)25)11-27-24(35)20-9-19(29-13-30-20)23(34)26-10-15-2-5-17(6-3-15)22(33)28-12-21(31)32/h2-9,13H,10-12H2,1H3,(H,26,34)(H,27,35)(H,28,33)(H,31,32). The predicted octanol–water partition coefficient (Wildman–Crippen LogP) is 1.60. The highest BCUT2D eigenvalue weighted by Crippen LogP contribution is 2.09. The molecule has 35 heavy (non-hydrogen) atoms. The molecule has 0 fully saturated rings. The van der Waals surface area contributed by atoms with Crippen LogP contribution in [0.1, 0.15) is 48.0 Å². The minimum atomic E-state index is -1.15. The summed E-state index contributed by atoms with van der Waals surface area (Å²) in [5.74, 6) is -3.04. The monoisotopic (exact) mass is 479 g/mol. The summed E-state index contributed by atoms with van der Waals surface area (Å²) in [6.07, 6.45) is 1.11. The second-order valence-corrected chi connectivity index (χ2v) is 7.51. The molecule has 1 aromatic heterocycles. The number of carboxylic acid groups (broad SMARTS) is 1. The highest BCUT2D eigenvalue weighted by atomic mass is 19.1. The predicted molar refractivity (Wildman–Crippen MR) is 122 cm³/mol. The number of aliphatic carboxylic acids is 1. The zero-order valence-electron chi connectivity index (χ0n) is 18.7. The van der Waals surface area contributed by atoms with Gasteiger partial charge in [0.1, 0.15) is 30.1 Å². The Balaban J connectivity index is 1.54. The molecule has 0 aliphatic rings. The third-order valence-electron chi connectivity index (χ3n) is 4.88. The first-order valence-electron chi connectivity index (χ1n) is 10.5. The summed E-state index contributed by atoms with van der Waals surface area (Å²) in [4.78, 5) is 55.1. The van der Waals surface area contributed by atoms with Crippen molar-refractivity contribution in [2.45, 2.75) is 20.0 Å². The van der Waals surface area contributed by atoms with E-state index in [4.69, 9.17) is 5.11 Å². The first-order chi connectivity index (χ1) is 16.7. The quantitative estimate of drug-likeness (QED) is 0.364. The molecule has 3 aromatic rings. The fourth-order valence-corrected chi connectivity index (χ4v) is 3.00. The average Bonchev–Trinajstić information content (AvgIpc) is 2.86. The first-order valence-corrected chi connectivity index (χ1v) is 10.5. The van der Waals surface area contributed by atoms with Crippen molar-refractivity contribution < 1.29 is 28.7 Å². The van der Waals surface area contributed by atoms with Gasteiger partial charge >= 0.3 is 5.97 Å². The van der Waals surface area contributed by atoms with Crippen LogP contribution in [0.5, 0.6) is 0 Å². The lowest BCUT2D eigenvalue weighted by Gasteiger charge is -2.08. The maximum absolute atomic E-state index is 13.4. The van der Waals surface area contributed by atoms with Crippen LogP contribution in [0.2, 0.25) is 0 Å². The van der Waals surface area contributed by atoms with E-state index in [-0.39, 0.29) is 35.9 Å². The van der Waals surface area contributed by atoms with Gasteiger partial charge < -0.3 is 21.1 Å². The van der Waals surface area contributed by atoms with E-state index in [0.29, 0.717) is 11.1 Å². The highest BCUT2D eigenvalue weighted by molar-refractivity contribution is 5.97. The van der Waals surface area contributed by atoms with Crippen molar-refractivity contribution in [2.75, 3.05) is 6.54 Å². The molecule has 0 saturated carbocycles. The van der Waals surface area contributed by atoms with Crippen LogP contribution in [0.4, 0.5) is 4.39 Å². The molecular weight excluding hydrogens is 457 g/mol. The SMILES string of the molecule is Cc1cc(CNC(=O)c2cc(C(=O)NCc3ccc(C(=O)NCC(=O)O)cc3)ncn2)ccc1F. The van der Waals surface area contributed by atoms with Crippen LogP contribution in [0.15, 0.2) is 54.9 Å². The Morgan fingerprint density at radius 3 is 1.94 bits per heavy atom. The number of carbonyl (C=O) groups excluding carboxylic acids is 3. The summed E-state index contributed by atoms with van der Waals surface area (Å²) in [5, 5.41) is 16.2. The van der Waals surface area contributed by atoms with E-state index in [2.05, 4.69) is 25.9 Å². The van der Waals surface area contributed by atoms with E-state index in [1.165, 1.54) is 24.3 Å². The second-order valence-electron chi connectivity index (χ2n) is 7.51. The van der Waals surface area contributed by atoms with Gasteiger partial charge in [-0.1, -0.05) is 24.3 Å². The Hall–Kier alpha value is -4.67. The molecule has 180 valence electrons. The molecule has 0 spiro atoms. The third kappa shape index (κ3) is 7.16. The summed E-state index contributed by atoms with van der Waals surface area (Å²) in [5.41, 5.74) is 2.15. The molecule has 0 aliphatic carbocycles. The molecule has 0 radical (unpaired) electrons. The van der Waals surface area contributed by atoms with Gasteiger partial charge in [-0.2, -0.15) is 0 Å². The van der Waals surface area contributed by atoms with E-state index < -0.39 is 30.2 Å². The van der Waals surface area contributed by atoms with Crippen LogP contribution in [0.25, 0.3) is 0 Å². The lowest BCUT2D eigenvalue weighted by molar-refractivity contribution is -0.135. The number of hydrogen-bond acceptors (Lipinski definition) is 6. The molecule has 1 heterocycles. The summed E-state index contributed by atoms with van der Waals surface area (Å²) in [7, 11) is 0. The van der Waals surface area contributed by atoms with Gasteiger partial charge in [-0.15, -0.1) is 0 Å². The first kappa shape index (κ1) is 25.0. The summed E-state index contributed by atoms with van der Waals surface area (Å²) < 4.78 is 13.4. The maximum atomic E-state index is 13.4. The largest absolute Gasteiger partial charge is 0.480 e. The van der Waals surface area contributed by atoms with E-state index in [9.17, 15) is 23.6 Å². The highest BCUT2D eigenvalue weighted by Gasteiger charge is 2.14. The van der Waals surface area contributed by atoms with Crippen LogP contribution < -0.4 is 16.0 Å². The number of carbonyl (C=O) groups is 4. The van der Waals surface area contributed by atoms with E-state index >= 15 is 0 Å². The van der Waals surface area contributed by atoms with Crippen LogP contribution in [-0.4, -0.2) is 45.3 Å². The molecule has 0 atom stereocenters. The number of amides is 3. The molecule has 0 saturated heterocycles. The van der Waals surface area contributed by atoms with Crippen molar-refractivity contribution in [2.24, 2.45) is 0 Å². The molecule has 0 bridgehead atoms. The van der Waals surface area contributed by atoms with Crippen LogP contribution >= 0.6 is 0 Å². The zero-order valence-corrected chi connectivity index (χ0v) is 18.7. The van der Waals surface area contributed by atoms with Gasteiger partial charge in [0.25, 0.3) is 17.7 Å². The van der Waals surface area contributed by atoms with Gasteiger partial charge in [-0.3, -0.25) is 19.2 Å². The molecule has 3 rings (SSSR count). The number of carboxylic acids is 1. The van der Waals surface area contributed by atoms with Crippen molar-refractivity contribution in [3.63, 3.8) is 0 Å². The number of nitrogens with one attached hydrogen (secondary N) is 3. The van der Waals surface area contributed by atoms with Gasteiger partial charge in [-0.05, 0) is 41.8 Å². The summed E-state index contributed by atoms with van der Waals surface area (Å²) in [6.45, 7) is 1.44. The number of hydrogen-bond donors (Lipinski definition) is 4. The summed E-state index contributed by atoms with van der Waals surface area (Å²) >= 11 is 0. The van der Waals surface area contributed by atoms with Gasteiger partial charge in [0, 0.05) is 24.7 Å². The fourth-order valence-electron chi connectivity index (χ4n) is 3.00. The summed E-state index contributed by atoms with van der Waals surface area (Å²) in [6, 6.07) is 12.0. The smallest absolute Gasteiger partial charge is 0.322 e. The van der Waals surface area contributed by atoms with Crippen molar-refractivity contribution in [1.29, 1.82) is 0 Å². The normalized spacial score (nSPS) is 10.3. The molecule has 11 heteroatoms. The number of rotatable bonds is 9. The minimum absolute atomic E-state index is 0.000657. The van der Waals surface area contributed by atoms with Gasteiger partial charge in [0.05, 0.1) is 0 Å². The molecular formula is C24H22FN5O5. The van der Waals surface area contributed by atoms with Crippen molar-refractivity contribution in [3.8, 4) is 0 Å². The Morgan fingerprint density at radius 2 is 1.37 bits per heavy atom. The molecule has 4 N–H and O–H groups in total. The molecule has 3 amide bonds. The van der Waals surface area contributed by atoms with Gasteiger partial charge in [0.2, 0.25) is 0 Å². The van der Waals surface area contributed by atoms with Crippen LogP contribution in [0.3, 0.4) is 0 Å². The van der Waals surface area contributed by atoms with Gasteiger partial charge in [-0.25, -0.2) is 14.4 Å². The van der Waals surface area contributed by atoms with E-state index in [1.807, 2.05) is 0 Å².